The van der Waals surface area contributed by atoms with Crippen molar-refractivity contribution in [2.24, 2.45) is 11.7 Å². The molecule has 0 saturated carbocycles. The molecule has 9 heteroatoms. The predicted molar refractivity (Wildman–Crippen MR) is 88.2 cm³/mol. The summed E-state index contributed by atoms with van der Waals surface area (Å²) in [5, 5.41) is 0. The first-order chi connectivity index (χ1) is 12.4. The number of piperidine rings is 1. The fourth-order valence-corrected chi connectivity index (χ4v) is 2.92. The summed E-state index contributed by atoms with van der Waals surface area (Å²) in [5.41, 5.74) is 6.21. The molecule has 2 heterocycles. The number of ether oxygens (including phenoxy) is 1. The molecular formula is C17H17F3N4O2. The highest BCUT2D eigenvalue weighted by Crippen LogP contribution is 2.29. The highest BCUT2D eigenvalue weighted by atomic mass is 19.3. The van der Waals surface area contributed by atoms with E-state index >= 15 is 0 Å². The number of hydrogen-bond donors (Lipinski definition) is 1. The molecule has 0 unspecified atom stereocenters. The molecule has 0 aliphatic carbocycles. The van der Waals surface area contributed by atoms with Crippen molar-refractivity contribution in [3.8, 4) is 17.0 Å². The zero-order valence-electron chi connectivity index (χ0n) is 13.7. The Bertz CT molecular complexity index is 795. The van der Waals surface area contributed by atoms with E-state index in [-0.39, 0.29) is 11.8 Å². The van der Waals surface area contributed by atoms with E-state index in [1.165, 1.54) is 18.5 Å². The first-order valence-electron chi connectivity index (χ1n) is 8.05. The van der Waals surface area contributed by atoms with Crippen molar-refractivity contribution < 1.29 is 22.7 Å². The lowest BCUT2D eigenvalue weighted by molar-refractivity contribution is -0.122. The van der Waals surface area contributed by atoms with E-state index in [0.29, 0.717) is 43.0 Å². The molecule has 0 atom stereocenters. The van der Waals surface area contributed by atoms with Crippen LogP contribution in [0.25, 0.3) is 11.3 Å². The van der Waals surface area contributed by atoms with Gasteiger partial charge in [-0.15, -0.1) is 0 Å². The molecule has 0 radical (unpaired) electrons. The number of nitrogens with two attached hydrogens (primary N) is 1. The third-order valence-corrected chi connectivity index (χ3v) is 4.32. The van der Waals surface area contributed by atoms with Crippen LogP contribution < -0.4 is 15.4 Å². The van der Waals surface area contributed by atoms with Crippen LogP contribution in [0.5, 0.6) is 5.75 Å². The van der Waals surface area contributed by atoms with Gasteiger partial charge in [0.15, 0.2) is 11.6 Å². The Hall–Kier alpha value is -2.84. The first kappa shape index (κ1) is 18.0. The lowest BCUT2D eigenvalue weighted by Crippen LogP contribution is -2.38. The minimum atomic E-state index is -3.12. The smallest absolute Gasteiger partial charge is 0.387 e. The molecule has 138 valence electrons. The molecule has 1 aromatic carbocycles. The van der Waals surface area contributed by atoms with Crippen LogP contribution in [0.15, 0.2) is 30.6 Å². The summed E-state index contributed by atoms with van der Waals surface area (Å²) < 4.78 is 42.5. The maximum absolute atomic E-state index is 13.6. The van der Waals surface area contributed by atoms with Gasteiger partial charge in [0.1, 0.15) is 12.1 Å². The number of benzene rings is 1. The SMILES string of the molecule is NC(=O)C1CCN(c2cc(-c3ccc(F)c(OC(F)F)c3)ncn2)CC1. The molecule has 1 aliphatic rings. The number of carbonyl (C=O) groups excluding carboxylic acids is 1. The number of halogens is 3. The van der Waals surface area contributed by atoms with Crippen molar-refractivity contribution in [2.45, 2.75) is 19.5 Å². The summed E-state index contributed by atoms with van der Waals surface area (Å²) in [4.78, 5) is 21.6. The third kappa shape index (κ3) is 4.04. The summed E-state index contributed by atoms with van der Waals surface area (Å²) in [5.74, 6) is -1.22. The van der Waals surface area contributed by atoms with Crippen LogP contribution in [0.3, 0.4) is 0 Å². The Morgan fingerprint density at radius 1 is 1.23 bits per heavy atom. The van der Waals surface area contributed by atoms with Gasteiger partial charge in [-0.2, -0.15) is 8.78 Å². The van der Waals surface area contributed by atoms with E-state index in [9.17, 15) is 18.0 Å². The summed E-state index contributed by atoms with van der Waals surface area (Å²) in [6.07, 6.45) is 2.62. The molecule has 1 aliphatic heterocycles. The Labute approximate surface area is 147 Å². The topological polar surface area (TPSA) is 81.3 Å². The quantitative estimate of drug-likeness (QED) is 0.880. The van der Waals surface area contributed by atoms with Gasteiger partial charge in [-0.3, -0.25) is 4.79 Å². The van der Waals surface area contributed by atoms with Gasteiger partial charge in [-0.25, -0.2) is 14.4 Å². The van der Waals surface area contributed by atoms with Gasteiger partial charge in [0.05, 0.1) is 5.69 Å². The lowest BCUT2D eigenvalue weighted by atomic mass is 9.96. The van der Waals surface area contributed by atoms with Gasteiger partial charge >= 0.3 is 6.61 Å². The van der Waals surface area contributed by atoms with Crippen LogP contribution >= 0.6 is 0 Å². The van der Waals surface area contributed by atoms with Crippen LogP contribution in [0.1, 0.15) is 12.8 Å². The number of carbonyl (C=O) groups is 1. The van der Waals surface area contributed by atoms with E-state index < -0.39 is 18.2 Å². The van der Waals surface area contributed by atoms with E-state index in [1.807, 2.05) is 4.90 Å². The Morgan fingerprint density at radius 2 is 1.96 bits per heavy atom. The van der Waals surface area contributed by atoms with Gasteiger partial charge < -0.3 is 15.4 Å². The van der Waals surface area contributed by atoms with Crippen molar-refractivity contribution in [3.63, 3.8) is 0 Å². The number of alkyl halides is 2. The zero-order valence-corrected chi connectivity index (χ0v) is 13.7. The standard InChI is InChI=1S/C17H17F3N4O2/c18-12-2-1-11(7-14(12)26-17(19)20)13-8-15(23-9-22-13)24-5-3-10(4-6-24)16(21)25/h1-2,7-10,17H,3-6H2,(H2,21,25). The number of nitrogens with zero attached hydrogens (tertiary/aromatic N) is 3. The van der Waals surface area contributed by atoms with Gasteiger partial charge in [0, 0.05) is 30.6 Å². The minimum Gasteiger partial charge on any atom is -0.432 e. The van der Waals surface area contributed by atoms with Crippen molar-refractivity contribution in [3.05, 3.63) is 36.4 Å². The average molecular weight is 366 g/mol. The molecule has 1 saturated heterocycles. The number of amides is 1. The molecule has 1 aromatic heterocycles. The Balaban J connectivity index is 1.81. The van der Waals surface area contributed by atoms with Gasteiger partial charge in [-0.05, 0) is 31.0 Å². The number of anilines is 1. The van der Waals surface area contributed by atoms with Gasteiger partial charge in [0.2, 0.25) is 5.91 Å². The number of hydrogen-bond acceptors (Lipinski definition) is 5. The highest BCUT2D eigenvalue weighted by Gasteiger charge is 2.24. The highest BCUT2D eigenvalue weighted by molar-refractivity contribution is 5.77. The molecule has 26 heavy (non-hydrogen) atoms. The molecular weight excluding hydrogens is 349 g/mol. The molecule has 2 aromatic rings. The number of primary amides is 1. The lowest BCUT2D eigenvalue weighted by Gasteiger charge is -2.31. The molecule has 3 rings (SSSR count). The number of aromatic nitrogens is 2. The fraction of sp³-hybridized carbons (Fsp3) is 0.353. The molecule has 0 bridgehead atoms. The minimum absolute atomic E-state index is 0.140. The van der Waals surface area contributed by atoms with E-state index in [0.717, 1.165) is 6.07 Å². The van der Waals surface area contributed by atoms with Gasteiger partial charge in [0.25, 0.3) is 0 Å². The van der Waals surface area contributed by atoms with Crippen LogP contribution in [0.2, 0.25) is 0 Å². The second kappa shape index (κ2) is 7.59. The summed E-state index contributed by atoms with van der Waals surface area (Å²) in [6.45, 7) is -1.88. The largest absolute Gasteiger partial charge is 0.432 e. The third-order valence-electron chi connectivity index (χ3n) is 4.32. The monoisotopic (exact) mass is 366 g/mol. The van der Waals surface area contributed by atoms with E-state index in [1.54, 1.807) is 6.07 Å². The van der Waals surface area contributed by atoms with Gasteiger partial charge in [-0.1, -0.05) is 0 Å². The van der Waals surface area contributed by atoms with Crippen LogP contribution in [-0.4, -0.2) is 35.6 Å². The van der Waals surface area contributed by atoms with E-state index in [4.69, 9.17) is 5.73 Å². The summed E-state index contributed by atoms with van der Waals surface area (Å²) >= 11 is 0. The second-order valence-corrected chi connectivity index (χ2v) is 5.95. The van der Waals surface area contributed by atoms with Crippen molar-refractivity contribution in [2.75, 3.05) is 18.0 Å². The maximum atomic E-state index is 13.6. The molecule has 1 fully saturated rings. The summed E-state index contributed by atoms with van der Waals surface area (Å²) in [7, 11) is 0. The predicted octanol–water partition coefficient (Wildman–Crippen LogP) is 2.59. The van der Waals surface area contributed by atoms with Crippen LogP contribution in [0, 0.1) is 11.7 Å². The molecule has 1 amide bonds. The first-order valence-corrected chi connectivity index (χ1v) is 8.05. The molecule has 6 nitrogen and oxygen atoms in total. The molecule has 0 spiro atoms. The zero-order chi connectivity index (χ0) is 18.7. The normalized spacial score (nSPS) is 15.3. The van der Waals surface area contributed by atoms with E-state index in [2.05, 4.69) is 14.7 Å². The van der Waals surface area contributed by atoms with Crippen LogP contribution in [-0.2, 0) is 4.79 Å². The Kier molecular flexibility index (Phi) is 5.24. The van der Waals surface area contributed by atoms with Crippen molar-refractivity contribution >= 4 is 11.7 Å². The van der Waals surface area contributed by atoms with Crippen LogP contribution in [0.4, 0.5) is 19.0 Å². The van der Waals surface area contributed by atoms with Crippen molar-refractivity contribution in [1.82, 2.24) is 9.97 Å². The fourth-order valence-electron chi connectivity index (χ4n) is 2.92. The maximum Gasteiger partial charge on any atom is 0.387 e. The Morgan fingerprint density at radius 3 is 2.62 bits per heavy atom. The summed E-state index contributed by atoms with van der Waals surface area (Å²) in [6, 6.07) is 5.34. The molecule has 2 N–H and O–H groups in total. The number of rotatable bonds is 5. The van der Waals surface area contributed by atoms with Crippen molar-refractivity contribution in [1.29, 1.82) is 0 Å². The average Bonchev–Trinajstić information content (AvgIpc) is 2.63. The second-order valence-electron chi connectivity index (χ2n) is 5.95.